The quantitative estimate of drug-likeness (QED) is 0.665. The fraction of sp³-hybridized carbons (Fsp3) is 0.833. The summed E-state index contributed by atoms with van der Waals surface area (Å²) in [5.74, 6) is 1.05. The lowest BCUT2D eigenvalue weighted by atomic mass is 9.69. The van der Waals surface area contributed by atoms with Gasteiger partial charge in [-0.15, -0.1) is 6.58 Å². The van der Waals surface area contributed by atoms with E-state index in [1.54, 1.807) is 6.08 Å². The molecule has 0 saturated heterocycles. The number of hydrogen-bond acceptors (Lipinski definition) is 1. The summed E-state index contributed by atoms with van der Waals surface area (Å²) < 4.78 is 0. The predicted octanol–water partition coefficient (Wildman–Crippen LogP) is 3.14. The summed E-state index contributed by atoms with van der Waals surface area (Å²) in [6.07, 6.45) is 7.41. The van der Waals surface area contributed by atoms with Crippen molar-refractivity contribution >= 4 is 0 Å². The summed E-state index contributed by atoms with van der Waals surface area (Å²) >= 11 is 0. The molecule has 0 aromatic carbocycles. The molecule has 1 nitrogen and oxygen atoms in total. The van der Waals surface area contributed by atoms with Crippen molar-refractivity contribution in [3.8, 4) is 0 Å². The van der Waals surface area contributed by atoms with Crippen LogP contribution < -0.4 is 0 Å². The Bertz CT molecular complexity index is 176. The monoisotopic (exact) mass is 182 g/mol. The van der Waals surface area contributed by atoms with E-state index in [1.807, 2.05) is 0 Å². The van der Waals surface area contributed by atoms with Crippen molar-refractivity contribution in [3.05, 3.63) is 12.7 Å². The van der Waals surface area contributed by atoms with Crippen molar-refractivity contribution in [2.75, 3.05) is 0 Å². The SMILES string of the molecule is C=CC1(O)CCCCC1C(C)CC. The van der Waals surface area contributed by atoms with Crippen molar-refractivity contribution in [2.45, 2.75) is 51.6 Å². The van der Waals surface area contributed by atoms with Crippen LogP contribution in [-0.4, -0.2) is 10.7 Å². The number of hydrogen-bond donors (Lipinski definition) is 1. The van der Waals surface area contributed by atoms with Gasteiger partial charge < -0.3 is 5.11 Å². The Morgan fingerprint density at radius 1 is 1.62 bits per heavy atom. The van der Waals surface area contributed by atoms with Gasteiger partial charge in [0.1, 0.15) is 0 Å². The highest BCUT2D eigenvalue weighted by molar-refractivity contribution is 5.03. The van der Waals surface area contributed by atoms with E-state index in [2.05, 4.69) is 20.4 Å². The van der Waals surface area contributed by atoms with Gasteiger partial charge in [-0.3, -0.25) is 0 Å². The van der Waals surface area contributed by atoms with E-state index >= 15 is 0 Å². The summed E-state index contributed by atoms with van der Waals surface area (Å²) in [5.41, 5.74) is -0.576. The summed E-state index contributed by atoms with van der Waals surface area (Å²) in [4.78, 5) is 0. The van der Waals surface area contributed by atoms with E-state index in [1.165, 1.54) is 6.42 Å². The van der Waals surface area contributed by atoms with Gasteiger partial charge in [-0.25, -0.2) is 0 Å². The first-order valence-electron chi connectivity index (χ1n) is 5.50. The molecule has 0 amide bonds. The zero-order chi connectivity index (χ0) is 9.90. The van der Waals surface area contributed by atoms with Crippen molar-refractivity contribution in [1.82, 2.24) is 0 Å². The molecule has 0 aliphatic heterocycles. The molecule has 1 rings (SSSR count). The molecule has 0 aromatic rings. The zero-order valence-electron chi connectivity index (χ0n) is 8.92. The minimum absolute atomic E-state index is 0.434. The van der Waals surface area contributed by atoms with Crippen molar-refractivity contribution in [1.29, 1.82) is 0 Å². The summed E-state index contributed by atoms with van der Waals surface area (Å²) in [6.45, 7) is 8.21. The molecule has 0 bridgehead atoms. The third kappa shape index (κ3) is 2.14. The molecule has 1 aliphatic rings. The first kappa shape index (κ1) is 10.8. The average molecular weight is 182 g/mol. The van der Waals surface area contributed by atoms with Gasteiger partial charge in [0.25, 0.3) is 0 Å². The van der Waals surface area contributed by atoms with Crippen LogP contribution in [0.3, 0.4) is 0 Å². The van der Waals surface area contributed by atoms with Gasteiger partial charge in [-0.05, 0) is 24.7 Å². The molecule has 3 atom stereocenters. The van der Waals surface area contributed by atoms with Crippen LogP contribution in [0.1, 0.15) is 46.0 Å². The molecule has 1 heteroatoms. The summed E-state index contributed by atoms with van der Waals surface area (Å²) in [6, 6.07) is 0. The summed E-state index contributed by atoms with van der Waals surface area (Å²) in [5, 5.41) is 10.3. The van der Waals surface area contributed by atoms with Crippen molar-refractivity contribution in [3.63, 3.8) is 0 Å². The van der Waals surface area contributed by atoms with E-state index in [-0.39, 0.29) is 0 Å². The lowest BCUT2D eigenvalue weighted by Gasteiger charge is -2.41. The molecule has 0 radical (unpaired) electrons. The smallest absolute Gasteiger partial charge is 0.0855 e. The van der Waals surface area contributed by atoms with E-state index in [0.29, 0.717) is 11.8 Å². The molecule has 0 heterocycles. The lowest BCUT2D eigenvalue weighted by molar-refractivity contribution is -0.0284. The Labute approximate surface area is 81.9 Å². The van der Waals surface area contributed by atoms with Crippen LogP contribution in [0.4, 0.5) is 0 Å². The first-order chi connectivity index (χ1) is 6.14. The zero-order valence-corrected chi connectivity index (χ0v) is 8.92. The van der Waals surface area contributed by atoms with Crippen LogP contribution in [0.15, 0.2) is 12.7 Å². The molecule has 1 N–H and O–H groups in total. The van der Waals surface area contributed by atoms with Crippen LogP contribution >= 0.6 is 0 Å². The summed E-state index contributed by atoms with van der Waals surface area (Å²) in [7, 11) is 0. The third-order valence-electron chi connectivity index (χ3n) is 3.67. The maximum atomic E-state index is 10.3. The molecular formula is C12H22O. The minimum atomic E-state index is -0.576. The molecular weight excluding hydrogens is 160 g/mol. The Morgan fingerprint density at radius 3 is 2.85 bits per heavy atom. The van der Waals surface area contributed by atoms with Gasteiger partial charge in [-0.1, -0.05) is 39.2 Å². The largest absolute Gasteiger partial charge is 0.386 e. The second-order valence-corrected chi connectivity index (χ2v) is 4.43. The van der Waals surface area contributed by atoms with Gasteiger partial charge >= 0.3 is 0 Å². The van der Waals surface area contributed by atoms with Crippen LogP contribution in [0.2, 0.25) is 0 Å². The van der Waals surface area contributed by atoms with Crippen molar-refractivity contribution in [2.24, 2.45) is 11.8 Å². The first-order valence-corrected chi connectivity index (χ1v) is 5.50. The van der Waals surface area contributed by atoms with Gasteiger partial charge in [-0.2, -0.15) is 0 Å². The Hall–Kier alpha value is -0.300. The Morgan fingerprint density at radius 2 is 2.31 bits per heavy atom. The highest BCUT2D eigenvalue weighted by Gasteiger charge is 2.38. The van der Waals surface area contributed by atoms with Crippen LogP contribution in [-0.2, 0) is 0 Å². The van der Waals surface area contributed by atoms with Gasteiger partial charge in [0, 0.05) is 0 Å². The standard InChI is InChI=1S/C12H22O/c1-4-10(3)11-8-6-7-9-12(11,13)5-2/h5,10-11,13H,2,4,6-9H2,1,3H3. The third-order valence-corrected chi connectivity index (χ3v) is 3.67. The Balaban J connectivity index is 2.72. The number of aliphatic hydroxyl groups is 1. The fourth-order valence-corrected chi connectivity index (χ4v) is 2.52. The van der Waals surface area contributed by atoms with Gasteiger partial charge in [0.2, 0.25) is 0 Å². The molecule has 1 fully saturated rings. The van der Waals surface area contributed by atoms with Crippen LogP contribution in [0, 0.1) is 11.8 Å². The van der Waals surface area contributed by atoms with E-state index in [0.717, 1.165) is 25.7 Å². The molecule has 1 saturated carbocycles. The maximum absolute atomic E-state index is 10.3. The molecule has 13 heavy (non-hydrogen) atoms. The molecule has 0 spiro atoms. The topological polar surface area (TPSA) is 20.2 Å². The number of rotatable bonds is 3. The van der Waals surface area contributed by atoms with E-state index < -0.39 is 5.60 Å². The average Bonchev–Trinajstić information content (AvgIpc) is 2.17. The van der Waals surface area contributed by atoms with Crippen LogP contribution in [0.25, 0.3) is 0 Å². The molecule has 1 aliphatic carbocycles. The second kappa shape index (κ2) is 4.28. The van der Waals surface area contributed by atoms with E-state index in [4.69, 9.17) is 0 Å². The van der Waals surface area contributed by atoms with E-state index in [9.17, 15) is 5.11 Å². The molecule has 76 valence electrons. The van der Waals surface area contributed by atoms with Gasteiger partial charge in [0.05, 0.1) is 5.60 Å². The Kier molecular flexibility index (Phi) is 3.55. The minimum Gasteiger partial charge on any atom is -0.386 e. The lowest BCUT2D eigenvalue weighted by Crippen LogP contribution is -2.41. The fourth-order valence-electron chi connectivity index (χ4n) is 2.52. The highest BCUT2D eigenvalue weighted by atomic mass is 16.3. The second-order valence-electron chi connectivity index (χ2n) is 4.43. The highest BCUT2D eigenvalue weighted by Crippen LogP contribution is 2.40. The normalized spacial score (nSPS) is 37.0. The molecule has 3 unspecified atom stereocenters. The molecule has 0 aromatic heterocycles. The van der Waals surface area contributed by atoms with Crippen LogP contribution in [0.5, 0.6) is 0 Å². The predicted molar refractivity (Wildman–Crippen MR) is 56.6 cm³/mol. The maximum Gasteiger partial charge on any atom is 0.0855 e. The van der Waals surface area contributed by atoms with Gasteiger partial charge in [0.15, 0.2) is 0 Å². The van der Waals surface area contributed by atoms with Crippen molar-refractivity contribution < 1.29 is 5.11 Å².